The van der Waals surface area contributed by atoms with E-state index in [1.54, 1.807) is 0 Å². The molecule has 1 aliphatic rings. The van der Waals surface area contributed by atoms with Crippen LogP contribution in [-0.2, 0) is 14.3 Å². The Kier molecular flexibility index (Phi) is 4.74. The van der Waals surface area contributed by atoms with E-state index in [0.717, 1.165) is 5.56 Å². The molecule has 0 N–H and O–H groups in total. The summed E-state index contributed by atoms with van der Waals surface area (Å²) in [5.74, 6) is -0.290. The summed E-state index contributed by atoms with van der Waals surface area (Å²) in [6, 6.07) is 9.29. The van der Waals surface area contributed by atoms with Gasteiger partial charge in [0.2, 0.25) is 0 Å². The van der Waals surface area contributed by atoms with E-state index >= 15 is 0 Å². The predicted molar refractivity (Wildman–Crippen MR) is 82.5 cm³/mol. The van der Waals surface area contributed by atoms with Crippen molar-refractivity contribution in [3.8, 4) is 0 Å². The van der Waals surface area contributed by atoms with Gasteiger partial charge in [0.15, 0.2) is 0 Å². The van der Waals surface area contributed by atoms with Gasteiger partial charge in [-0.1, -0.05) is 30.3 Å². The van der Waals surface area contributed by atoms with Crippen molar-refractivity contribution in [2.45, 2.75) is 44.8 Å². The molecule has 5 heteroatoms. The summed E-state index contributed by atoms with van der Waals surface area (Å²) in [6.07, 6.45) is 0.0805. The Balaban J connectivity index is 2.19. The molecule has 1 aliphatic heterocycles. The first kappa shape index (κ1) is 16.3. The molecule has 22 heavy (non-hydrogen) atoms. The molecule has 1 amide bonds. The van der Waals surface area contributed by atoms with Crippen LogP contribution < -0.4 is 0 Å². The van der Waals surface area contributed by atoms with Crippen molar-refractivity contribution in [2.75, 3.05) is 13.7 Å². The number of likely N-dealkylation sites (tertiary alicyclic amines) is 1. The lowest BCUT2D eigenvalue weighted by Gasteiger charge is -2.27. The number of hydrogen-bond donors (Lipinski definition) is 0. The molecule has 0 aliphatic carbocycles. The monoisotopic (exact) mass is 305 g/mol. The number of esters is 1. The van der Waals surface area contributed by atoms with Gasteiger partial charge < -0.3 is 9.47 Å². The van der Waals surface area contributed by atoms with Crippen molar-refractivity contribution in [2.24, 2.45) is 0 Å². The smallest absolute Gasteiger partial charge is 0.411 e. The van der Waals surface area contributed by atoms with Crippen molar-refractivity contribution in [3.63, 3.8) is 0 Å². The van der Waals surface area contributed by atoms with Crippen LogP contribution in [0, 0.1) is 0 Å². The molecular formula is C17H23NO4. The Morgan fingerprint density at radius 1 is 1.18 bits per heavy atom. The fourth-order valence-corrected chi connectivity index (χ4v) is 2.68. The van der Waals surface area contributed by atoms with Gasteiger partial charge in [-0.2, -0.15) is 0 Å². The van der Waals surface area contributed by atoms with Crippen LogP contribution in [0.4, 0.5) is 4.79 Å². The van der Waals surface area contributed by atoms with E-state index in [2.05, 4.69) is 0 Å². The number of benzene rings is 1. The topological polar surface area (TPSA) is 55.8 Å². The Morgan fingerprint density at radius 2 is 1.82 bits per heavy atom. The molecule has 0 bridgehead atoms. The normalized spacial score (nSPS) is 21.5. The van der Waals surface area contributed by atoms with Crippen LogP contribution in [0.1, 0.15) is 38.7 Å². The van der Waals surface area contributed by atoms with E-state index in [1.165, 1.54) is 12.0 Å². The summed E-state index contributed by atoms with van der Waals surface area (Å²) in [7, 11) is 1.34. The van der Waals surface area contributed by atoms with Crippen LogP contribution in [0.5, 0.6) is 0 Å². The molecule has 120 valence electrons. The second-order valence-electron chi connectivity index (χ2n) is 6.51. The Morgan fingerprint density at radius 3 is 2.36 bits per heavy atom. The number of carbonyl (C=O) groups is 2. The maximum Gasteiger partial charge on any atom is 0.411 e. The van der Waals surface area contributed by atoms with Crippen molar-refractivity contribution in [1.29, 1.82) is 0 Å². The highest BCUT2D eigenvalue weighted by atomic mass is 16.6. The molecule has 0 saturated carbocycles. The van der Waals surface area contributed by atoms with Gasteiger partial charge in [-0.15, -0.1) is 0 Å². The van der Waals surface area contributed by atoms with Crippen LogP contribution in [0.15, 0.2) is 30.3 Å². The van der Waals surface area contributed by atoms with Crippen LogP contribution >= 0.6 is 0 Å². The number of hydrogen-bond acceptors (Lipinski definition) is 4. The summed E-state index contributed by atoms with van der Waals surface area (Å²) in [5.41, 5.74) is 0.519. The molecule has 1 heterocycles. The minimum Gasteiger partial charge on any atom is -0.467 e. The average Bonchev–Trinajstić information content (AvgIpc) is 2.91. The van der Waals surface area contributed by atoms with E-state index < -0.39 is 23.7 Å². The first-order chi connectivity index (χ1) is 10.3. The Labute approximate surface area is 131 Å². The highest BCUT2D eigenvalue weighted by molar-refractivity contribution is 5.82. The molecule has 1 aromatic carbocycles. The molecule has 5 nitrogen and oxygen atoms in total. The lowest BCUT2D eigenvalue weighted by atomic mass is 9.96. The fourth-order valence-electron chi connectivity index (χ4n) is 2.68. The van der Waals surface area contributed by atoms with E-state index in [4.69, 9.17) is 9.47 Å². The summed E-state index contributed by atoms with van der Waals surface area (Å²) in [4.78, 5) is 25.8. The molecule has 1 aromatic rings. The van der Waals surface area contributed by atoms with Crippen molar-refractivity contribution in [3.05, 3.63) is 35.9 Å². The second-order valence-corrected chi connectivity index (χ2v) is 6.51. The molecule has 2 rings (SSSR count). The number of amides is 1. The van der Waals surface area contributed by atoms with Crippen molar-refractivity contribution >= 4 is 12.1 Å². The summed E-state index contributed by atoms with van der Waals surface area (Å²) >= 11 is 0. The molecule has 0 spiro atoms. The van der Waals surface area contributed by atoms with Crippen LogP contribution in [0.25, 0.3) is 0 Å². The fraction of sp³-hybridized carbons (Fsp3) is 0.529. The standard InChI is InChI=1S/C17H23NO4/c1-17(2,3)22-16(20)18-11-13(10-14(18)15(19)21-4)12-8-6-5-7-9-12/h5-9,13-14H,10-11H2,1-4H3. The number of methoxy groups -OCH3 is 1. The second kappa shape index (κ2) is 6.38. The number of rotatable bonds is 2. The molecular weight excluding hydrogens is 282 g/mol. The largest absolute Gasteiger partial charge is 0.467 e. The Bertz CT molecular complexity index is 535. The lowest BCUT2D eigenvalue weighted by molar-refractivity contribution is -0.145. The van der Waals surface area contributed by atoms with E-state index in [1.807, 2.05) is 51.1 Å². The number of ether oxygens (including phenoxy) is 2. The Hall–Kier alpha value is -2.04. The quantitative estimate of drug-likeness (QED) is 0.788. The van der Waals surface area contributed by atoms with Crippen LogP contribution in [-0.4, -0.2) is 42.3 Å². The zero-order valence-electron chi connectivity index (χ0n) is 13.5. The zero-order chi connectivity index (χ0) is 16.3. The van der Waals surface area contributed by atoms with Crippen molar-refractivity contribution in [1.82, 2.24) is 4.90 Å². The SMILES string of the molecule is COC(=O)C1CC(c2ccccc2)CN1C(=O)OC(C)(C)C. The lowest BCUT2D eigenvalue weighted by Crippen LogP contribution is -2.43. The third kappa shape index (κ3) is 3.78. The van der Waals surface area contributed by atoms with E-state index in [9.17, 15) is 9.59 Å². The summed E-state index contributed by atoms with van der Waals surface area (Å²) < 4.78 is 10.3. The summed E-state index contributed by atoms with van der Waals surface area (Å²) in [5, 5.41) is 0. The average molecular weight is 305 g/mol. The minimum absolute atomic E-state index is 0.109. The molecule has 2 unspecified atom stereocenters. The highest BCUT2D eigenvalue weighted by Crippen LogP contribution is 2.33. The highest BCUT2D eigenvalue weighted by Gasteiger charge is 2.42. The predicted octanol–water partition coefficient (Wildman–Crippen LogP) is 2.95. The summed E-state index contributed by atoms with van der Waals surface area (Å²) in [6.45, 7) is 5.88. The molecule has 0 radical (unpaired) electrons. The molecule has 1 saturated heterocycles. The van der Waals surface area contributed by atoms with Crippen molar-refractivity contribution < 1.29 is 19.1 Å². The molecule has 0 aromatic heterocycles. The first-order valence-corrected chi connectivity index (χ1v) is 7.44. The van der Waals surface area contributed by atoms with Gasteiger partial charge >= 0.3 is 12.1 Å². The third-order valence-corrected chi connectivity index (χ3v) is 3.67. The molecule has 2 atom stereocenters. The van der Waals surface area contributed by atoms with Gasteiger partial charge in [0, 0.05) is 12.5 Å². The minimum atomic E-state index is -0.595. The van der Waals surface area contributed by atoms with Crippen LogP contribution in [0.2, 0.25) is 0 Å². The zero-order valence-corrected chi connectivity index (χ0v) is 13.5. The maximum absolute atomic E-state index is 12.4. The van der Waals surface area contributed by atoms with Gasteiger partial charge in [-0.05, 0) is 32.8 Å². The van der Waals surface area contributed by atoms with Crippen LogP contribution in [0.3, 0.4) is 0 Å². The van der Waals surface area contributed by atoms with Gasteiger partial charge in [0.25, 0.3) is 0 Å². The number of carbonyl (C=O) groups excluding carboxylic acids is 2. The van der Waals surface area contributed by atoms with Gasteiger partial charge in [-0.25, -0.2) is 9.59 Å². The molecule has 1 fully saturated rings. The van der Waals surface area contributed by atoms with Gasteiger partial charge in [0.1, 0.15) is 11.6 Å². The van der Waals surface area contributed by atoms with E-state index in [-0.39, 0.29) is 5.92 Å². The number of nitrogens with zero attached hydrogens (tertiary/aromatic N) is 1. The third-order valence-electron chi connectivity index (χ3n) is 3.67. The maximum atomic E-state index is 12.4. The van der Waals surface area contributed by atoms with Gasteiger partial charge in [0.05, 0.1) is 7.11 Å². The van der Waals surface area contributed by atoms with E-state index in [0.29, 0.717) is 13.0 Å². The first-order valence-electron chi connectivity index (χ1n) is 7.44. The van der Waals surface area contributed by atoms with Gasteiger partial charge in [-0.3, -0.25) is 4.90 Å².